The molecule has 22 aromatic rings. The highest BCUT2D eigenvalue weighted by Gasteiger charge is 2.33. The van der Waals surface area contributed by atoms with Gasteiger partial charge in [0.05, 0.1) is 84.1 Å². The van der Waals surface area contributed by atoms with Crippen LogP contribution in [-0.2, 0) is 0 Å². The zero-order chi connectivity index (χ0) is 68.3. The van der Waals surface area contributed by atoms with Crippen LogP contribution >= 0.6 is 0 Å². The first kappa shape index (κ1) is 57.6. The maximum Gasteiger partial charge on any atom is 0.187 e. The average molecular weight is 1320 g/mol. The number of hydrogen-bond acceptors (Lipinski definition) is 1. The Morgan fingerprint density at radius 3 is 0.779 bits per heavy atom. The van der Waals surface area contributed by atoms with Crippen molar-refractivity contribution in [2.75, 3.05) is 0 Å². The van der Waals surface area contributed by atoms with Gasteiger partial charge in [-0.15, -0.1) is 0 Å². The second-order valence-corrected chi connectivity index (χ2v) is 27.2. The second-order valence-electron chi connectivity index (χ2n) is 27.2. The van der Waals surface area contributed by atoms with E-state index in [1.807, 2.05) is 12.1 Å². The lowest BCUT2D eigenvalue weighted by atomic mass is 9.99. The van der Waals surface area contributed by atoms with E-state index >= 15 is 0 Å². The molecule has 0 aliphatic carbocycles. The molecule has 0 aliphatic rings. The Labute approximate surface area is 596 Å². The summed E-state index contributed by atoms with van der Waals surface area (Å²) in [4.78, 5) is 10.8. The van der Waals surface area contributed by atoms with E-state index in [1.165, 1.54) is 32.6 Å². The van der Waals surface area contributed by atoms with Crippen LogP contribution in [0.25, 0.3) is 203 Å². The van der Waals surface area contributed by atoms with Gasteiger partial charge in [-0.2, -0.15) is 0 Å². The Balaban J connectivity index is 0.880. The number of hydrogen-bond donors (Lipinski definition) is 0. The topological polar surface area (TPSA) is 46.8 Å². The fourth-order valence-corrected chi connectivity index (χ4v) is 17.4. The fraction of sp³-hybridized carbons (Fsp3) is 0. The van der Waals surface area contributed by atoms with Gasteiger partial charge in [-0.25, -0.2) is 9.83 Å². The van der Waals surface area contributed by atoms with Gasteiger partial charge in [0.1, 0.15) is 0 Å². The van der Waals surface area contributed by atoms with Crippen molar-refractivity contribution in [1.29, 1.82) is 0 Å². The molecular formula is C96H58N8. The average Bonchev–Trinajstić information content (AvgIpc) is 1.52. The van der Waals surface area contributed by atoms with Gasteiger partial charge in [0.15, 0.2) is 17.3 Å². The van der Waals surface area contributed by atoms with Crippen LogP contribution in [0.3, 0.4) is 0 Å². The van der Waals surface area contributed by atoms with Crippen LogP contribution in [0.4, 0.5) is 5.69 Å². The first-order chi connectivity index (χ1) is 51.6. The summed E-state index contributed by atoms with van der Waals surface area (Å²) < 4.78 is 14.6. The summed E-state index contributed by atoms with van der Waals surface area (Å²) >= 11 is 0. The van der Waals surface area contributed by atoms with Crippen molar-refractivity contribution in [3.05, 3.63) is 363 Å². The van der Waals surface area contributed by atoms with Crippen molar-refractivity contribution < 1.29 is 0 Å². The standard InChI is InChI=1S/C96H58N8/c1-97-65-26-24-25-64(55-65)92-93(101-82-41-18-8-31-68(82)69-32-9-19-42-83(69)101)95(103-86-45-22-14-37-74(86)78-58-62(49-53-90(78)103)60-47-51-88-76(56-60)72-35-12-16-39-80(72)99(88)66-27-4-2-5-28-66)98-96(94(92)102-84-43-20-10-33-70(84)71-34-11-21-44-85(71)102)104-87-46-23-15-38-75(87)79-59-63(50-54-91(79)104)61-48-52-89-77(57-61)73-36-13-17-40-81(73)100(89)67-29-6-3-7-30-67/h2-59H. The van der Waals surface area contributed by atoms with Gasteiger partial charge in [0.2, 0.25) is 0 Å². The van der Waals surface area contributed by atoms with Gasteiger partial charge in [0, 0.05) is 81.6 Å². The maximum atomic E-state index is 8.77. The number of pyridine rings is 1. The lowest BCUT2D eigenvalue weighted by Crippen LogP contribution is -2.16. The third kappa shape index (κ3) is 8.32. The molecule has 15 aromatic carbocycles. The molecule has 0 saturated heterocycles. The van der Waals surface area contributed by atoms with E-state index in [0.29, 0.717) is 5.69 Å². The zero-order valence-electron chi connectivity index (χ0n) is 56.1. The minimum absolute atomic E-state index is 0.531. The van der Waals surface area contributed by atoms with Crippen molar-refractivity contribution >= 4 is 137 Å². The summed E-state index contributed by atoms with van der Waals surface area (Å²) in [6, 6.07) is 128. The molecule has 104 heavy (non-hydrogen) atoms. The van der Waals surface area contributed by atoms with Crippen molar-refractivity contribution in [3.8, 4) is 67.8 Å². The monoisotopic (exact) mass is 1320 g/mol. The predicted octanol–water partition coefficient (Wildman–Crippen LogP) is 25.2. The molecule has 7 aromatic heterocycles. The van der Waals surface area contributed by atoms with Crippen LogP contribution in [0.5, 0.6) is 0 Å². The minimum Gasteiger partial charge on any atom is -0.309 e. The predicted molar refractivity (Wildman–Crippen MR) is 433 cm³/mol. The molecule has 0 atom stereocenters. The number of para-hydroxylation sites is 10. The van der Waals surface area contributed by atoms with Crippen molar-refractivity contribution in [3.63, 3.8) is 0 Å². The third-order valence-corrected chi connectivity index (χ3v) is 21.8. The molecular weight excluding hydrogens is 1270 g/mol. The van der Waals surface area contributed by atoms with Crippen LogP contribution in [0.15, 0.2) is 352 Å². The highest BCUT2D eigenvalue weighted by Crippen LogP contribution is 2.51. The Hall–Kier alpha value is -14.3. The summed E-state index contributed by atoms with van der Waals surface area (Å²) in [6.07, 6.45) is 0. The fourth-order valence-electron chi connectivity index (χ4n) is 17.4. The minimum atomic E-state index is 0.531. The Morgan fingerprint density at radius 1 is 0.202 bits per heavy atom. The van der Waals surface area contributed by atoms with E-state index in [2.05, 4.69) is 372 Å². The van der Waals surface area contributed by atoms with E-state index in [-0.39, 0.29) is 0 Å². The molecule has 0 amide bonds. The molecule has 0 aliphatic heterocycles. The van der Waals surface area contributed by atoms with Crippen LogP contribution in [-0.4, -0.2) is 32.4 Å². The summed E-state index contributed by atoms with van der Waals surface area (Å²) in [5.74, 6) is 1.44. The number of aromatic nitrogens is 7. The molecule has 482 valence electrons. The Bertz CT molecular complexity index is 6910. The first-order valence-corrected chi connectivity index (χ1v) is 35.4. The van der Waals surface area contributed by atoms with Gasteiger partial charge in [0.25, 0.3) is 0 Å². The molecule has 0 unspecified atom stereocenters. The van der Waals surface area contributed by atoms with E-state index in [4.69, 9.17) is 11.6 Å². The molecule has 0 fully saturated rings. The lowest BCUT2D eigenvalue weighted by molar-refractivity contribution is 0.961. The van der Waals surface area contributed by atoms with Crippen LogP contribution < -0.4 is 0 Å². The summed E-state index contributed by atoms with van der Waals surface area (Å²) in [5.41, 5.74) is 23.5. The van der Waals surface area contributed by atoms with Crippen LogP contribution in [0, 0.1) is 6.57 Å². The second kappa shape index (κ2) is 22.4. The van der Waals surface area contributed by atoms with E-state index in [9.17, 15) is 0 Å². The molecule has 0 radical (unpaired) electrons. The van der Waals surface area contributed by atoms with Crippen molar-refractivity contribution in [2.45, 2.75) is 0 Å². The molecule has 0 N–H and O–H groups in total. The highest BCUT2D eigenvalue weighted by molar-refractivity contribution is 6.18. The summed E-state index contributed by atoms with van der Waals surface area (Å²) in [6.45, 7) is 8.77. The quantitative estimate of drug-likeness (QED) is 0.133. The molecule has 7 heterocycles. The van der Waals surface area contributed by atoms with E-state index in [1.54, 1.807) is 0 Å². The Morgan fingerprint density at radius 2 is 0.462 bits per heavy atom. The maximum absolute atomic E-state index is 8.77. The molecule has 0 spiro atoms. The van der Waals surface area contributed by atoms with Gasteiger partial charge < -0.3 is 18.3 Å². The molecule has 8 heteroatoms. The Kier molecular flexibility index (Phi) is 12.4. The smallest absolute Gasteiger partial charge is 0.187 e. The molecule has 22 rings (SSSR count). The van der Waals surface area contributed by atoms with Crippen LogP contribution in [0.1, 0.15) is 0 Å². The van der Waals surface area contributed by atoms with Crippen LogP contribution in [0.2, 0.25) is 0 Å². The SMILES string of the molecule is [C-]#[N+]c1cccc(-c2c(-n3c4ccccc4c4ccccc43)c(-n3c4ccccc4c4cc(-c5ccc6c(c5)c5ccccc5n6-c5ccccc5)ccc43)nc(-n3c4ccccc4c4cc(-c5ccc6c(c5)c5ccccc5n6-c5ccccc5)ccc43)c2-n2c3ccccc3c3ccccc32)c1. The number of nitrogens with zero attached hydrogens (tertiary/aromatic N) is 8. The lowest BCUT2D eigenvalue weighted by Gasteiger charge is -2.27. The number of fused-ring (bicyclic) bond motifs is 18. The molecule has 8 nitrogen and oxygen atoms in total. The van der Waals surface area contributed by atoms with Crippen molar-refractivity contribution in [2.24, 2.45) is 0 Å². The van der Waals surface area contributed by atoms with E-state index < -0.39 is 0 Å². The largest absolute Gasteiger partial charge is 0.309 e. The zero-order valence-corrected chi connectivity index (χ0v) is 56.1. The van der Waals surface area contributed by atoms with Crippen molar-refractivity contribution in [1.82, 2.24) is 32.4 Å². The molecule has 0 saturated carbocycles. The highest BCUT2D eigenvalue weighted by atomic mass is 15.2. The molecule has 0 bridgehead atoms. The number of benzene rings is 15. The van der Waals surface area contributed by atoms with Gasteiger partial charge in [-0.3, -0.25) is 9.13 Å². The van der Waals surface area contributed by atoms with Gasteiger partial charge >= 0.3 is 0 Å². The number of rotatable bonds is 9. The van der Waals surface area contributed by atoms with E-state index in [0.717, 1.165) is 166 Å². The van der Waals surface area contributed by atoms with Gasteiger partial charge in [-0.05, 0) is 155 Å². The summed E-state index contributed by atoms with van der Waals surface area (Å²) in [7, 11) is 0. The summed E-state index contributed by atoms with van der Waals surface area (Å²) in [5, 5.41) is 13.7. The first-order valence-electron chi connectivity index (χ1n) is 35.4. The third-order valence-electron chi connectivity index (χ3n) is 21.8. The van der Waals surface area contributed by atoms with Gasteiger partial charge in [-0.1, -0.05) is 224 Å². The normalized spacial score (nSPS) is 12.0.